The SMILES string of the molecule is COc1cccc(C(Nc2ccc(C(=O)O[C@@H](Cc3c(Cl)c[n+]([O-])cc3Cl)c3ccc(OC(F)F)c(OCC4CC4)c3)cc2)C(=O)O[C@H]2CN3CCC2CC3)c1. The summed E-state index contributed by atoms with van der Waals surface area (Å²) in [7, 11) is 1.55. The van der Waals surface area contributed by atoms with E-state index in [2.05, 4.69) is 10.2 Å². The minimum atomic E-state index is -3.09. The van der Waals surface area contributed by atoms with Gasteiger partial charge in [0.25, 0.3) is 0 Å². The summed E-state index contributed by atoms with van der Waals surface area (Å²) in [5.41, 5.74) is 2.09. The van der Waals surface area contributed by atoms with Gasteiger partial charge in [0, 0.05) is 24.2 Å². The van der Waals surface area contributed by atoms with Crippen molar-refractivity contribution in [2.24, 2.45) is 11.8 Å². The maximum Gasteiger partial charge on any atom is 0.387 e. The van der Waals surface area contributed by atoms with Gasteiger partial charge in [0.15, 0.2) is 29.9 Å². The molecule has 56 heavy (non-hydrogen) atoms. The fourth-order valence-electron chi connectivity index (χ4n) is 7.09. The average molecular weight is 813 g/mol. The molecule has 1 unspecified atom stereocenters. The number of nitrogens with one attached hydrogen (secondary N) is 1. The second-order valence-electron chi connectivity index (χ2n) is 14.3. The topological polar surface area (TPSA) is 122 Å². The number of ether oxygens (including phenoxy) is 5. The summed E-state index contributed by atoms with van der Waals surface area (Å²) in [6.45, 7) is -0.0386. The predicted octanol–water partition coefficient (Wildman–Crippen LogP) is 7.96. The van der Waals surface area contributed by atoms with Gasteiger partial charge >= 0.3 is 18.6 Å². The second-order valence-corrected chi connectivity index (χ2v) is 15.1. The summed E-state index contributed by atoms with van der Waals surface area (Å²) in [6.07, 6.45) is 4.86. The summed E-state index contributed by atoms with van der Waals surface area (Å²) in [4.78, 5) is 29.9. The number of anilines is 1. The van der Waals surface area contributed by atoms with Crippen LogP contribution < -0.4 is 24.3 Å². The fourth-order valence-corrected chi connectivity index (χ4v) is 7.69. The quantitative estimate of drug-likeness (QED) is 0.0678. The number of fused-ring (bicyclic) bond motifs is 3. The van der Waals surface area contributed by atoms with E-state index >= 15 is 0 Å². The summed E-state index contributed by atoms with van der Waals surface area (Å²) < 4.78 is 55.2. The van der Waals surface area contributed by atoms with Crippen LogP contribution in [0.2, 0.25) is 10.0 Å². The third-order valence-electron chi connectivity index (χ3n) is 10.4. The lowest BCUT2D eigenvalue weighted by Gasteiger charge is -2.44. The van der Waals surface area contributed by atoms with Crippen LogP contribution in [-0.2, 0) is 20.7 Å². The van der Waals surface area contributed by atoms with Crippen molar-refractivity contribution >= 4 is 40.8 Å². The van der Waals surface area contributed by atoms with Crippen LogP contribution in [0.4, 0.5) is 14.5 Å². The number of hydrogen-bond donors (Lipinski definition) is 1. The highest BCUT2D eigenvalue weighted by Crippen LogP contribution is 2.38. The van der Waals surface area contributed by atoms with Gasteiger partial charge in [-0.1, -0.05) is 41.4 Å². The van der Waals surface area contributed by atoms with E-state index in [1.807, 2.05) is 6.07 Å². The molecule has 4 aliphatic rings. The lowest BCUT2D eigenvalue weighted by atomic mass is 9.86. The first kappa shape index (κ1) is 39.4. The number of benzene rings is 3. The standard InChI is InChI=1S/C41H41Cl2F2N3O8/c1-52-30-4-2-3-28(17-30)38(40(50)55-37-22-47-15-13-25(37)14-16-47)46-29-10-7-26(8-11-29)39(49)54-35(19-31-32(42)20-48(51)21-33(31)43)27-9-12-34(56-41(44)45)36(18-27)53-23-24-5-6-24/h2-4,7-12,17-18,20-21,24-25,35,37-38,41,46H,5-6,13-16,19,22-23H2,1H3/t35-,37-,38?/m0/s1. The summed E-state index contributed by atoms with van der Waals surface area (Å²) in [6, 6.07) is 17.0. The van der Waals surface area contributed by atoms with E-state index in [1.54, 1.807) is 49.6 Å². The van der Waals surface area contributed by atoms with Crippen LogP contribution in [0.1, 0.15) is 64.9 Å². The van der Waals surface area contributed by atoms with Crippen LogP contribution >= 0.6 is 23.2 Å². The number of halogens is 4. The number of methoxy groups -OCH3 is 1. The van der Waals surface area contributed by atoms with Gasteiger partial charge in [-0.2, -0.15) is 13.5 Å². The number of pyridine rings is 1. The lowest BCUT2D eigenvalue weighted by Crippen LogP contribution is -2.52. The third kappa shape index (κ3) is 9.74. The Bertz CT molecular complexity index is 2010. The highest BCUT2D eigenvalue weighted by Gasteiger charge is 2.38. The Kier molecular flexibility index (Phi) is 12.3. The minimum absolute atomic E-state index is 0.0458. The molecule has 0 radical (unpaired) electrons. The first-order valence-corrected chi connectivity index (χ1v) is 19.2. The van der Waals surface area contributed by atoms with Crippen LogP contribution in [0.25, 0.3) is 0 Å². The largest absolute Gasteiger partial charge is 0.619 e. The molecule has 296 valence electrons. The van der Waals surface area contributed by atoms with Gasteiger partial charge in [-0.15, -0.1) is 0 Å². The molecule has 1 aliphatic carbocycles. The average Bonchev–Trinajstić information content (AvgIpc) is 4.02. The van der Waals surface area contributed by atoms with Gasteiger partial charge in [0.2, 0.25) is 0 Å². The molecule has 3 atom stereocenters. The van der Waals surface area contributed by atoms with Gasteiger partial charge in [0.05, 0.1) is 19.3 Å². The van der Waals surface area contributed by atoms with Crippen molar-refractivity contribution in [2.75, 3.05) is 38.7 Å². The first-order chi connectivity index (χ1) is 27.0. The zero-order valence-electron chi connectivity index (χ0n) is 30.5. The van der Waals surface area contributed by atoms with E-state index in [1.165, 1.54) is 18.2 Å². The van der Waals surface area contributed by atoms with Crippen molar-refractivity contribution in [3.05, 3.63) is 117 Å². The molecule has 4 fully saturated rings. The van der Waals surface area contributed by atoms with Gasteiger partial charge in [-0.3, -0.25) is 4.90 Å². The van der Waals surface area contributed by atoms with E-state index in [9.17, 15) is 23.6 Å². The normalized spacial score (nSPS) is 19.9. The highest BCUT2D eigenvalue weighted by molar-refractivity contribution is 6.35. The van der Waals surface area contributed by atoms with E-state index in [4.69, 9.17) is 46.9 Å². The van der Waals surface area contributed by atoms with E-state index in [0.29, 0.717) is 57.8 Å². The minimum Gasteiger partial charge on any atom is -0.619 e. The number of hydrogen-bond acceptors (Lipinski definition) is 10. The van der Waals surface area contributed by atoms with Crippen LogP contribution in [0.5, 0.6) is 17.2 Å². The smallest absolute Gasteiger partial charge is 0.387 e. The van der Waals surface area contributed by atoms with Gasteiger partial charge in [-0.25, -0.2) is 9.59 Å². The maximum atomic E-state index is 13.8. The van der Waals surface area contributed by atoms with E-state index in [-0.39, 0.29) is 39.6 Å². The van der Waals surface area contributed by atoms with E-state index < -0.39 is 30.7 Å². The number of aromatic nitrogens is 1. The van der Waals surface area contributed by atoms with Crippen molar-refractivity contribution < 1.29 is 46.8 Å². The second kappa shape index (κ2) is 17.5. The van der Waals surface area contributed by atoms with Gasteiger partial charge in [-0.05, 0) is 110 Å². The molecule has 1 aromatic heterocycles. The van der Waals surface area contributed by atoms with Crippen molar-refractivity contribution in [2.45, 2.75) is 57.0 Å². The number of esters is 2. The number of piperidine rings is 3. The van der Waals surface area contributed by atoms with Crippen molar-refractivity contribution in [3.8, 4) is 17.2 Å². The van der Waals surface area contributed by atoms with E-state index in [0.717, 1.165) is 51.2 Å². The number of carbonyl (C=O) groups is 2. The third-order valence-corrected chi connectivity index (χ3v) is 11.0. The Hall–Kier alpha value is -4.85. The Morgan fingerprint density at radius 1 is 0.946 bits per heavy atom. The van der Waals surface area contributed by atoms with Crippen LogP contribution in [0, 0.1) is 17.0 Å². The monoisotopic (exact) mass is 811 g/mol. The lowest BCUT2D eigenvalue weighted by molar-refractivity contribution is -0.605. The molecule has 3 aliphatic heterocycles. The molecule has 3 aromatic carbocycles. The Labute approximate surface area is 332 Å². The number of nitrogens with zero attached hydrogens (tertiary/aromatic N) is 2. The van der Waals surface area contributed by atoms with Crippen molar-refractivity contribution in [1.29, 1.82) is 0 Å². The molecule has 3 saturated heterocycles. The number of carbonyl (C=O) groups excluding carboxylic acids is 2. The molecular weight excluding hydrogens is 771 g/mol. The highest BCUT2D eigenvalue weighted by atomic mass is 35.5. The zero-order valence-corrected chi connectivity index (χ0v) is 32.0. The number of rotatable bonds is 16. The summed E-state index contributed by atoms with van der Waals surface area (Å²) in [5, 5.41) is 15.3. The van der Waals surface area contributed by atoms with Crippen LogP contribution in [0.15, 0.2) is 79.1 Å². The molecule has 4 aromatic rings. The van der Waals surface area contributed by atoms with Gasteiger partial charge in [0.1, 0.15) is 28.0 Å². The Morgan fingerprint density at radius 2 is 1.68 bits per heavy atom. The Balaban J connectivity index is 1.12. The molecule has 15 heteroatoms. The maximum absolute atomic E-state index is 13.8. The van der Waals surface area contributed by atoms with Crippen LogP contribution in [-0.4, -0.2) is 62.9 Å². The molecule has 2 bridgehead atoms. The molecule has 0 spiro atoms. The van der Waals surface area contributed by atoms with Crippen molar-refractivity contribution in [3.63, 3.8) is 0 Å². The molecule has 0 amide bonds. The van der Waals surface area contributed by atoms with Crippen molar-refractivity contribution in [1.82, 2.24) is 4.90 Å². The fraction of sp³-hybridized carbons (Fsp3) is 0.390. The number of alkyl halides is 2. The zero-order chi connectivity index (χ0) is 39.3. The summed E-state index contributed by atoms with van der Waals surface area (Å²) >= 11 is 12.8. The Morgan fingerprint density at radius 3 is 2.32 bits per heavy atom. The molecule has 1 saturated carbocycles. The first-order valence-electron chi connectivity index (χ1n) is 18.5. The molecule has 8 rings (SSSR count). The molecular formula is C41H41Cl2F2N3O8. The summed E-state index contributed by atoms with van der Waals surface area (Å²) in [5.74, 6) is -0.0244. The molecule has 11 nitrogen and oxygen atoms in total. The predicted molar refractivity (Wildman–Crippen MR) is 203 cm³/mol. The van der Waals surface area contributed by atoms with Crippen LogP contribution in [0.3, 0.4) is 0 Å². The molecule has 4 heterocycles. The molecule has 1 N–H and O–H groups in total. The van der Waals surface area contributed by atoms with Gasteiger partial charge < -0.3 is 34.2 Å².